The molecule has 4 N–H and O–H groups in total. The number of nitrogen functional groups attached to an aromatic ring is 1. The summed E-state index contributed by atoms with van der Waals surface area (Å²) in [6.07, 6.45) is -15.4. The predicted molar refractivity (Wildman–Crippen MR) is 112 cm³/mol. The zero-order valence-corrected chi connectivity index (χ0v) is 19.3. The van der Waals surface area contributed by atoms with Gasteiger partial charge in [-0.05, 0) is 24.6 Å². The van der Waals surface area contributed by atoms with E-state index >= 15 is 0 Å². The Morgan fingerprint density at radius 2 is 1.63 bits per heavy atom. The number of rotatable bonds is 5. The number of aryl methyl sites for hydroxylation is 1. The Morgan fingerprint density at radius 1 is 1.00 bits per heavy atom. The van der Waals surface area contributed by atoms with E-state index in [2.05, 4.69) is 20.4 Å². The fourth-order valence-electron chi connectivity index (χ4n) is 3.17. The number of nitrogens with two attached hydrogens (primary N) is 1. The molecular weight excluding hydrogens is 565 g/mol. The number of aromatic nitrogens is 4. The molecule has 0 radical (unpaired) electrons. The third-order valence-corrected chi connectivity index (χ3v) is 5.00. The molecule has 3 aromatic rings. The van der Waals surface area contributed by atoms with Crippen LogP contribution in [0.4, 0.5) is 45.3 Å². The number of carbonyl (C=O) groups is 2. The zero-order chi connectivity index (χ0) is 28.8. The molecule has 3 rings (SSSR count). The number of alkyl halides is 9. The van der Waals surface area contributed by atoms with Gasteiger partial charge in [0.25, 0.3) is 5.91 Å². The van der Waals surface area contributed by atoms with Crippen LogP contribution in [0.15, 0.2) is 12.1 Å². The minimum atomic E-state index is -5.36. The molecule has 0 aliphatic rings. The van der Waals surface area contributed by atoms with E-state index in [9.17, 15) is 49.1 Å². The maximum atomic E-state index is 13.5. The van der Waals surface area contributed by atoms with Crippen molar-refractivity contribution < 1.29 is 49.1 Å². The normalized spacial score (nSPS) is 12.6. The van der Waals surface area contributed by atoms with Crippen molar-refractivity contribution in [2.75, 3.05) is 18.8 Å². The summed E-state index contributed by atoms with van der Waals surface area (Å²) >= 11 is 6.17. The van der Waals surface area contributed by atoms with Gasteiger partial charge in [-0.25, -0.2) is 14.6 Å². The number of amides is 2. The van der Waals surface area contributed by atoms with Gasteiger partial charge >= 0.3 is 18.5 Å². The fraction of sp³-hybridized carbons (Fsp3) is 0.316. The Balaban J connectivity index is 1.99. The van der Waals surface area contributed by atoms with Gasteiger partial charge in [0.1, 0.15) is 12.4 Å². The van der Waals surface area contributed by atoms with Crippen LogP contribution in [0.25, 0.3) is 16.7 Å². The minimum absolute atomic E-state index is 0.0428. The average Bonchev–Trinajstić information content (AvgIpc) is 3.09. The van der Waals surface area contributed by atoms with Crippen LogP contribution in [0.3, 0.4) is 0 Å². The quantitative estimate of drug-likeness (QED) is 0.396. The van der Waals surface area contributed by atoms with Crippen LogP contribution in [0.2, 0.25) is 5.02 Å². The Morgan fingerprint density at radius 3 is 2.16 bits per heavy atom. The van der Waals surface area contributed by atoms with Crippen molar-refractivity contribution in [2.45, 2.75) is 25.5 Å². The lowest BCUT2D eigenvalue weighted by Gasteiger charge is -2.13. The number of benzene rings is 1. The van der Waals surface area contributed by atoms with E-state index in [0.717, 1.165) is 12.1 Å². The molecule has 2 amide bonds. The molecule has 0 unspecified atom stereocenters. The summed E-state index contributed by atoms with van der Waals surface area (Å²) < 4.78 is 117. The number of hydrogen-bond donors (Lipinski definition) is 3. The van der Waals surface area contributed by atoms with E-state index in [1.807, 2.05) is 0 Å². The molecule has 1 aromatic carbocycles. The van der Waals surface area contributed by atoms with Crippen molar-refractivity contribution in [1.82, 2.24) is 30.4 Å². The maximum absolute atomic E-state index is 13.5. The summed E-state index contributed by atoms with van der Waals surface area (Å²) in [7, 11) is 0. The van der Waals surface area contributed by atoms with Gasteiger partial charge in [0.05, 0.1) is 22.6 Å². The highest BCUT2D eigenvalue weighted by atomic mass is 35.5. The minimum Gasteiger partial charge on any atom is -0.383 e. The summed E-state index contributed by atoms with van der Waals surface area (Å²) in [5.74, 6) is -5.01. The van der Waals surface area contributed by atoms with Crippen molar-refractivity contribution in [3.05, 3.63) is 39.8 Å². The fourth-order valence-corrected chi connectivity index (χ4v) is 3.52. The second-order valence-corrected chi connectivity index (χ2v) is 7.99. The summed E-state index contributed by atoms with van der Waals surface area (Å²) in [6, 6.07) is 2.09. The monoisotopic (exact) mass is 577 g/mol. The van der Waals surface area contributed by atoms with Crippen LogP contribution < -0.4 is 16.4 Å². The number of anilines is 1. The number of nitrogens with zero attached hydrogens (tertiary/aromatic N) is 4. The summed E-state index contributed by atoms with van der Waals surface area (Å²) in [4.78, 5) is 29.4. The van der Waals surface area contributed by atoms with Crippen molar-refractivity contribution in [3.8, 4) is 5.69 Å². The highest BCUT2D eigenvalue weighted by Crippen LogP contribution is 2.39. The van der Waals surface area contributed by atoms with Crippen molar-refractivity contribution in [3.63, 3.8) is 0 Å². The van der Waals surface area contributed by atoms with Gasteiger partial charge < -0.3 is 16.4 Å². The number of nitrogens with one attached hydrogen (secondary N) is 2. The third-order valence-electron chi connectivity index (χ3n) is 4.71. The van der Waals surface area contributed by atoms with E-state index < -0.39 is 71.8 Å². The molecule has 19 heteroatoms. The van der Waals surface area contributed by atoms with Gasteiger partial charge in [-0.1, -0.05) is 11.6 Å². The first kappa shape index (κ1) is 28.7. The molecule has 206 valence electrons. The molecule has 0 aliphatic carbocycles. The highest BCUT2D eigenvalue weighted by Gasteiger charge is 2.43. The Bertz CT molecular complexity index is 1390. The van der Waals surface area contributed by atoms with Crippen molar-refractivity contribution >= 4 is 40.3 Å². The van der Waals surface area contributed by atoms with Gasteiger partial charge in [0.2, 0.25) is 11.7 Å². The lowest BCUT2D eigenvalue weighted by Crippen LogP contribution is -2.40. The maximum Gasteiger partial charge on any atom is 0.451 e. The first-order valence-corrected chi connectivity index (χ1v) is 10.3. The predicted octanol–water partition coefficient (Wildman–Crippen LogP) is 3.81. The van der Waals surface area contributed by atoms with Gasteiger partial charge in [0, 0.05) is 5.56 Å². The summed E-state index contributed by atoms with van der Waals surface area (Å²) in [5, 5.41) is 5.85. The van der Waals surface area contributed by atoms with Crippen LogP contribution >= 0.6 is 11.6 Å². The Hall–Kier alpha value is -3.83. The highest BCUT2D eigenvalue weighted by molar-refractivity contribution is 6.33. The van der Waals surface area contributed by atoms with Gasteiger partial charge in [-0.2, -0.15) is 39.5 Å². The molecule has 0 fully saturated rings. The number of carbonyl (C=O) groups excluding carboxylic acids is 2. The van der Waals surface area contributed by atoms with Crippen LogP contribution in [0.5, 0.6) is 0 Å². The number of fused-ring (bicyclic) bond motifs is 1. The molecule has 38 heavy (non-hydrogen) atoms. The molecule has 0 spiro atoms. The van der Waals surface area contributed by atoms with E-state index in [1.165, 1.54) is 12.2 Å². The van der Waals surface area contributed by atoms with Crippen molar-refractivity contribution in [1.29, 1.82) is 0 Å². The van der Waals surface area contributed by atoms with Gasteiger partial charge in [-0.3, -0.25) is 9.59 Å². The van der Waals surface area contributed by atoms with Crippen LogP contribution in [-0.2, 0) is 17.1 Å². The molecule has 2 heterocycles. The van der Waals surface area contributed by atoms with Crippen LogP contribution in [-0.4, -0.2) is 50.8 Å². The van der Waals surface area contributed by atoms with Crippen molar-refractivity contribution in [2.24, 2.45) is 0 Å². The Labute approximate surface area is 210 Å². The first-order chi connectivity index (χ1) is 17.3. The molecule has 0 saturated heterocycles. The van der Waals surface area contributed by atoms with Gasteiger partial charge in [-0.15, -0.1) is 5.10 Å². The summed E-state index contributed by atoms with van der Waals surface area (Å²) in [5.41, 5.74) is 2.38. The largest absolute Gasteiger partial charge is 0.451 e. The zero-order valence-electron chi connectivity index (χ0n) is 18.5. The third kappa shape index (κ3) is 6.17. The SMILES string of the molecule is Cc1cc(C(=O)NCC(=O)NCC(F)(F)F)cc(Cl)c1-n1nc2nc(C(F)(F)F)nc(C(F)(F)F)c2c1N. The van der Waals surface area contributed by atoms with E-state index in [0.29, 0.717) is 4.68 Å². The number of hydrogen-bond acceptors (Lipinski definition) is 6. The topological polar surface area (TPSA) is 128 Å². The van der Waals surface area contributed by atoms with E-state index in [-0.39, 0.29) is 21.8 Å². The summed E-state index contributed by atoms with van der Waals surface area (Å²) in [6.45, 7) is -1.14. The molecule has 0 atom stereocenters. The van der Waals surface area contributed by atoms with Crippen LogP contribution in [0.1, 0.15) is 27.4 Å². The smallest absolute Gasteiger partial charge is 0.383 e. The Kier molecular flexibility index (Phi) is 7.41. The molecular formula is C19H13ClF9N7O2. The molecule has 0 bridgehead atoms. The molecule has 2 aromatic heterocycles. The van der Waals surface area contributed by atoms with E-state index in [4.69, 9.17) is 17.3 Å². The van der Waals surface area contributed by atoms with E-state index in [1.54, 1.807) is 0 Å². The molecule has 0 saturated carbocycles. The standard InChI is InChI=1S/C19H13ClF9N7O2/c1-6-2-7(15(38)31-4-9(37)32-5-17(21,22)23)3-8(20)11(6)36-13(30)10-12(18(24,25)26)33-16(19(27,28)29)34-14(10)35-36/h2-3H,4-5,30H2,1H3,(H,31,38)(H,32,37). The lowest BCUT2D eigenvalue weighted by atomic mass is 10.1. The lowest BCUT2D eigenvalue weighted by molar-refractivity contribution is -0.151. The number of halogens is 10. The first-order valence-electron chi connectivity index (χ1n) is 9.92. The molecule has 9 nitrogen and oxygen atoms in total. The van der Waals surface area contributed by atoms with Gasteiger partial charge in [0.15, 0.2) is 11.3 Å². The van der Waals surface area contributed by atoms with Crippen LogP contribution in [0, 0.1) is 6.92 Å². The second kappa shape index (κ2) is 9.80. The second-order valence-electron chi connectivity index (χ2n) is 7.59. The average molecular weight is 578 g/mol. The molecule has 0 aliphatic heterocycles.